The Balaban J connectivity index is 1.34. The number of aromatic amines is 1. The van der Waals surface area contributed by atoms with E-state index >= 15 is 0 Å². The lowest BCUT2D eigenvalue weighted by Gasteiger charge is -2.35. The van der Waals surface area contributed by atoms with Gasteiger partial charge in [0.2, 0.25) is 0 Å². The smallest absolute Gasteiger partial charge is 0.277 e. The normalized spacial score (nSPS) is 18.9. The molecular weight excluding hydrogens is 366 g/mol. The third-order valence-corrected chi connectivity index (χ3v) is 5.50. The van der Waals surface area contributed by atoms with Crippen molar-refractivity contribution in [2.75, 3.05) is 32.7 Å². The standard InChI is InChI=1S/C20H22F2N4O2/c21-16-5-3-13(4-6-16)15(12-27)11-25-7-9-26(10-8-25)20(28)19-17(22)18(23-24-19)14-1-2-14/h3-6,12,14-15H,1-2,7-11H2,(H,23,24). The van der Waals surface area contributed by atoms with E-state index in [1.165, 1.54) is 12.1 Å². The van der Waals surface area contributed by atoms with Crippen molar-refractivity contribution in [3.8, 4) is 0 Å². The Bertz CT molecular complexity index is 856. The first kappa shape index (κ1) is 18.7. The molecule has 1 aliphatic carbocycles. The molecular formula is C20H22F2N4O2. The summed E-state index contributed by atoms with van der Waals surface area (Å²) < 4.78 is 27.5. The molecule has 0 spiro atoms. The highest BCUT2D eigenvalue weighted by Crippen LogP contribution is 2.40. The van der Waals surface area contributed by atoms with Crippen molar-refractivity contribution >= 4 is 12.2 Å². The quantitative estimate of drug-likeness (QED) is 0.771. The van der Waals surface area contributed by atoms with E-state index in [2.05, 4.69) is 15.1 Å². The minimum atomic E-state index is -0.521. The largest absolute Gasteiger partial charge is 0.335 e. The molecule has 4 rings (SSSR count). The first-order valence-corrected chi connectivity index (χ1v) is 9.53. The summed E-state index contributed by atoms with van der Waals surface area (Å²) in [7, 11) is 0. The number of amides is 1. The molecule has 2 aromatic rings. The molecule has 1 unspecified atom stereocenters. The van der Waals surface area contributed by atoms with Crippen LogP contribution in [0.1, 0.15) is 46.4 Å². The van der Waals surface area contributed by atoms with E-state index in [4.69, 9.17) is 0 Å². The second kappa shape index (κ2) is 7.79. The molecule has 1 amide bonds. The molecule has 0 bridgehead atoms. The van der Waals surface area contributed by atoms with Gasteiger partial charge in [-0.2, -0.15) is 5.10 Å². The van der Waals surface area contributed by atoms with Gasteiger partial charge in [-0.3, -0.25) is 14.8 Å². The number of hydrogen-bond donors (Lipinski definition) is 1. The van der Waals surface area contributed by atoms with Gasteiger partial charge in [-0.1, -0.05) is 12.1 Å². The molecule has 0 radical (unpaired) electrons. The van der Waals surface area contributed by atoms with Gasteiger partial charge in [0, 0.05) is 38.6 Å². The number of carbonyl (C=O) groups is 2. The van der Waals surface area contributed by atoms with E-state index in [9.17, 15) is 18.4 Å². The average molecular weight is 388 g/mol. The van der Waals surface area contributed by atoms with E-state index in [0.717, 1.165) is 24.7 Å². The Morgan fingerprint density at radius 1 is 1.18 bits per heavy atom. The van der Waals surface area contributed by atoms with Gasteiger partial charge in [0.15, 0.2) is 11.5 Å². The first-order valence-electron chi connectivity index (χ1n) is 9.53. The summed E-state index contributed by atoms with van der Waals surface area (Å²) in [6, 6.07) is 5.92. The predicted molar refractivity (Wildman–Crippen MR) is 98.1 cm³/mol. The van der Waals surface area contributed by atoms with Crippen molar-refractivity contribution in [2.45, 2.75) is 24.7 Å². The van der Waals surface area contributed by atoms with Gasteiger partial charge in [0.25, 0.3) is 5.91 Å². The molecule has 8 heteroatoms. The Morgan fingerprint density at radius 3 is 2.46 bits per heavy atom. The van der Waals surface area contributed by atoms with Crippen LogP contribution in [0.2, 0.25) is 0 Å². The van der Waals surface area contributed by atoms with Crippen LogP contribution in [0.15, 0.2) is 24.3 Å². The number of carbonyl (C=O) groups excluding carboxylic acids is 2. The monoisotopic (exact) mass is 388 g/mol. The fourth-order valence-electron chi connectivity index (χ4n) is 3.62. The van der Waals surface area contributed by atoms with Crippen LogP contribution in [0.4, 0.5) is 8.78 Å². The molecule has 28 heavy (non-hydrogen) atoms. The summed E-state index contributed by atoms with van der Waals surface area (Å²) in [6.07, 6.45) is 2.72. The summed E-state index contributed by atoms with van der Waals surface area (Å²) in [5.41, 5.74) is 1.07. The molecule has 1 saturated heterocycles. The lowest BCUT2D eigenvalue weighted by molar-refractivity contribution is -0.109. The number of aromatic nitrogens is 2. The van der Waals surface area contributed by atoms with Crippen LogP contribution in [-0.2, 0) is 4.79 Å². The second-order valence-electron chi connectivity index (χ2n) is 7.46. The molecule has 6 nitrogen and oxygen atoms in total. The number of nitrogens with one attached hydrogen (secondary N) is 1. The van der Waals surface area contributed by atoms with E-state index in [1.54, 1.807) is 17.0 Å². The number of aldehydes is 1. The molecule has 1 saturated carbocycles. The minimum Gasteiger partial charge on any atom is -0.335 e. The number of hydrogen-bond acceptors (Lipinski definition) is 4. The maximum atomic E-state index is 14.4. The second-order valence-corrected chi connectivity index (χ2v) is 7.46. The van der Waals surface area contributed by atoms with Crippen LogP contribution < -0.4 is 0 Å². The topological polar surface area (TPSA) is 69.3 Å². The Kier molecular flexibility index (Phi) is 5.21. The van der Waals surface area contributed by atoms with Crippen molar-refractivity contribution < 1.29 is 18.4 Å². The number of rotatable bonds is 6. The maximum Gasteiger partial charge on any atom is 0.277 e. The molecule has 2 heterocycles. The third-order valence-electron chi connectivity index (χ3n) is 5.50. The number of halogens is 2. The van der Waals surface area contributed by atoms with Crippen LogP contribution in [0.3, 0.4) is 0 Å². The minimum absolute atomic E-state index is 0.132. The molecule has 2 aliphatic rings. The number of nitrogens with zero attached hydrogens (tertiary/aromatic N) is 3. The highest BCUT2D eigenvalue weighted by atomic mass is 19.1. The highest BCUT2D eigenvalue weighted by molar-refractivity contribution is 5.92. The summed E-state index contributed by atoms with van der Waals surface area (Å²) >= 11 is 0. The van der Waals surface area contributed by atoms with Gasteiger partial charge in [-0.05, 0) is 30.5 Å². The summed E-state index contributed by atoms with van der Waals surface area (Å²) in [6.45, 7) is 2.55. The lowest BCUT2D eigenvalue weighted by atomic mass is 9.99. The average Bonchev–Trinajstić information content (AvgIpc) is 3.49. The van der Waals surface area contributed by atoms with E-state index < -0.39 is 11.7 Å². The van der Waals surface area contributed by atoms with Crippen molar-refractivity contribution in [1.82, 2.24) is 20.0 Å². The van der Waals surface area contributed by atoms with Gasteiger partial charge in [0.1, 0.15) is 12.1 Å². The SMILES string of the molecule is O=CC(CN1CCN(C(=O)c2n[nH]c(C3CC3)c2F)CC1)c1ccc(F)cc1. The van der Waals surface area contributed by atoms with Crippen molar-refractivity contribution in [3.63, 3.8) is 0 Å². The first-order chi connectivity index (χ1) is 13.6. The van der Waals surface area contributed by atoms with E-state index in [-0.39, 0.29) is 23.3 Å². The zero-order valence-corrected chi connectivity index (χ0v) is 15.4. The number of H-pyrrole nitrogens is 1. The Hall–Kier alpha value is -2.61. The van der Waals surface area contributed by atoms with Gasteiger partial charge < -0.3 is 9.69 Å². The zero-order chi connectivity index (χ0) is 19.7. The summed E-state index contributed by atoms with van der Waals surface area (Å²) in [5.74, 6) is -1.45. The fourth-order valence-corrected chi connectivity index (χ4v) is 3.62. The van der Waals surface area contributed by atoms with Crippen molar-refractivity contribution in [1.29, 1.82) is 0 Å². The van der Waals surface area contributed by atoms with Crippen molar-refractivity contribution in [3.05, 3.63) is 52.9 Å². The summed E-state index contributed by atoms with van der Waals surface area (Å²) in [4.78, 5) is 27.8. The van der Waals surface area contributed by atoms with E-state index in [1.807, 2.05) is 0 Å². The third kappa shape index (κ3) is 3.82. The molecule has 1 N–H and O–H groups in total. The summed E-state index contributed by atoms with van der Waals surface area (Å²) in [5, 5.41) is 6.57. The number of benzene rings is 1. The van der Waals surface area contributed by atoms with Crippen LogP contribution in [0, 0.1) is 11.6 Å². The predicted octanol–water partition coefficient (Wildman–Crippen LogP) is 2.31. The van der Waals surface area contributed by atoms with Crippen LogP contribution in [0.25, 0.3) is 0 Å². The molecule has 1 atom stereocenters. The van der Waals surface area contributed by atoms with Gasteiger partial charge in [-0.15, -0.1) is 0 Å². The van der Waals surface area contributed by atoms with Gasteiger partial charge >= 0.3 is 0 Å². The maximum absolute atomic E-state index is 14.4. The van der Waals surface area contributed by atoms with Crippen molar-refractivity contribution in [2.24, 2.45) is 0 Å². The molecule has 1 aromatic heterocycles. The molecule has 1 aromatic carbocycles. The van der Waals surface area contributed by atoms with E-state index in [0.29, 0.717) is 38.4 Å². The zero-order valence-electron chi connectivity index (χ0n) is 15.4. The van der Waals surface area contributed by atoms with Gasteiger partial charge in [0.05, 0.1) is 11.6 Å². The molecule has 1 aliphatic heterocycles. The molecule has 148 valence electrons. The number of piperazine rings is 1. The van der Waals surface area contributed by atoms with Gasteiger partial charge in [-0.25, -0.2) is 8.78 Å². The molecule has 2 fully saturated rings. The Morgan fingerprint density at radius 2 is 1.86 bits per heavy atom. The highest BCUT2D eigenvalue weighted by Gasteiger charge is 2.34. The Labute approximate surface area is 161 Å². The fraction of sp³-hybridized carbons (Fsp3) is 0.450. The van der Waals surface area contributed by atoms with Crippen LogP contribution >= 0.6 is 0 Å². The lowest BCUT2D eigenvalue weighted by Crippen LogP contribution is -2.49. The van der Waals surface area contributed by atoms with Crippen LogP contribution in [-0.4, -0.2) is 64.9 Å². The van der Waals surface area contributed by atoms with Crippen LogP contribution in [0.5, 0.6) is 0 Å².